The van der Waals surface area contributed by atoms with Crippen molar-refractivity contribution in [3.8, 4) is 0 Å². The third-order valence-electron chi connectivity index (χ3n) is 11.0. The molecule has 8 unspecified atom stereocenters. The summed E-state index contributed by atoms with van der Waals surface area (Å²) < 4.78 is 12.4. The Labute approximate surface area is 196 Å². The molecule has 3 heteroatoms. The predicted molar refractivity (Wildman–Crippen MR) is 131 cm³/mol. The SMILES string of the molecule is CC[C@H](/C=C/C(C)C1CCC2C3CC=C4CC(NOF)CCC4(C)C3CCC12C)C(C)C. The van der Waals surface area contributed by atoms with Crippen molar-refractivity contribution in [1.29, 1.82) is 0 Å². The first kappa shape index (κ1) is 24.5. The summed E-state index contributed by atoms with van der Waals surface area (Å²) >= 11 is 0. The molecule has 4 aliphatic rings. The maximum absolute atomic E-state index is 12.4. The fourth-order valence-corrected chi connectivity index (χ4v) is 9.01. The highest BCUT2D eigenvalue weighted by atomic mass is 19.3. The summed E-state index contributed by atoms with van der Waals surface area (Å²) in [4.78, 5) is 0. The van der Waals surface area contributed by atoms with E-state index in [1.165, 1.54) is 44.9 Å². The molecule has 9 atom stereocenters. The van der Waals surface area contributed by atoms with Gasteiger partial charge >= 0.3 is 0 Å². The van der Waals surface area contributed by atoms with E-state index in [-0.39, 0.29) is 6.04 Å². The molecule has 1 N–H and O–H groups in total. The average molecular weight is 446 g/mol. The summed E-state index contributed by atoms with van der Waals surface area (Å²) in [6.07, 6.45) is 18.9. The molecule has 4 rings (SSSR count). The summed E-state index contributed by atoms with van der Waals surface area (Å²) in [6.45, 7) is 14.7. The summed E-state index contributed by atoms with van der Waals surface area (Å²) in [5.41, 5.74) is 4.97. The van der Waals surface area contributed by atoms with Gasteiger partial charge in [-0.1, -0.05) is 70.4 Å². The molecular weight excluding hydrogens is 397 g/mol. The quantitative estimate of drug-likeness (QED) is 0.315. The predicted octanol–water partition coefficient (Wildman–Crippen LogP) is 8.21. The van der Waals surface area contributed by atoms with Crippen LogP contribution in [0.4, 0.5) is 4.53 Å². The van der Waals surface area contributed by atoms with E-state index in [0.29, 0.717) is 22.7 Å². The second kappa shape index (κ2) is 9.53. The Morgan fingerprint density at radius 1 is 1.09 bits per heavy atom. The van der Waals surface area contributed by atoms with E-state index in [2.05, 4.69) is 70.3 Å². The summed E-state index contributed by atoms with van der Waals surface area (Å²) in [6, 6.07) is 0.131. The van der Waals surface area contributed by atoms with Gasteiger partial charge in [-0.05, 0) is 115 Å². The van der Waals surface area contributed by atoms with Crippen LogP contribution in [0.25, 0.3) is 0 Å². The topological polar surface area (TPSA) is 21.3 Å². The van der Waals surface area contributed by atoms with Crippen LogP contribution in [0.1, 0.15) is 99.3 Å². The highest BCUT2D eigenvalue weighted by Gasteiger charge is 2.59. The van der Waals surface area contributed by atoms with Gasteiger partial charge in [-0.15, -0.1) is 0 Å². The first-order valence-corrected chi connectivity index (χ1v) is 13.7. The number of allylic oxidation sites excluding steroid dienone is 3. The minimum atomic E-state index is 0.131. The van der Waals surface area contributed by atoms with E-state index in [0.717, 1.165) is 42.4 Å². The third kappa shape index (κ3) is 4.15. The fourth-order valence-electron chi connectivity index (χ4n) is 9.01. The fraction of sp³-hybridized carbons (Fsp3) is 0.862. The number of rotatable bonds is 7. The number of fused-ring (bicyclic) bond motifs is 5. The molecular formula is C29H48FNO. The number of hydrogen-bond donors (Lipinski definition) is 1. The van der Waals surface area contributed by atoms with Crippen molar-refractivity contribution in [3.05, 3.63) is 23.8 Å². The van der Waals surface area contributed by atoms with E-state index in [1.54, 1.807) is 5.57 Å². The lowest BCUT2D eigenvalue weighted by molar-refractivity contribution is -0.206. The second-order valence-corrected chi connectivity index (χ2v) is 12.7. The highest BCUT2D eigenvalue weighted by Crippen LogP contribution is 2.67. The van der Waals surface area contributed by atoms with Gasteiger partial charge < -0.3 is 0 Å². The van der Waals surface area contributed by atoms with Gasteiger partial charge in [0.25, 0.3) is 0 Å². The number of halogens is 1. The molecule has 3 fully saturated rings. The van der Waals surface area contributed by atoms with Crippen molar-refractivity contribution >= 4 is 0 Å². The Hall–Kier alpha value is -0.670. The van der Waals surface area contributed by atoms with Crippen molar-refractivity contribution in [3.63, 3.8) is 0 Å². The van der Waals surface area contributed by atoms with Crippen LogP contribution in [0.3, 0.4) is 0 Å². The summed E-state index contributed by atoms with van der Waals surface area (Å²) in [5, 5.41) is 3.78. The first-order valence-electron chi connectivity index (χ1n) is 13.7. The van der Waals surface area contributed by atoms with Gasteiger partial charge in [-0.3, -0.25) is 0 Å². The molecule has 0 spiro atoms. The lowest BCUT2D eigenvalue weighted by Gasteiger charge is -2.58. The van der Waals surface area contributed by atoms with Crippen LogP contribution in [0, 0.1) is 52.3 Å². The first-order chi connectivity index (χ1) is 15.2. The Balaban J connectivity index is 1.50. The van der Waals surface area contributed by atoms with Crippen molar-refractivity contribution in [2.75, 3.05) is 0 Å². The maximum Gasteiger partial charge on any atom is 0.0392 e. The summed E-state index contributed by atoms with van der Waals surface area (Å²) in [7, 11) is 0. The highest BCUT2D eigenvalue weighted by molar-refractivity contribution is 5.26. The Morgan fingerprint density at radius 3 is 2.56 bits per heavy atom. The van der Waals surface area contributed by atoms with Crippen LogP contribution in [-0.2, 0) is 5.04 Å². The zero-order valence-corrected chi connectivity index (χ0v) is 21.5. The van der Waals surface area contributed by atoms with E-state index >= 15 is 0 Å². The van der Waals surface area contributed by atoms with Gasteiger partial charge in [0.15, 0.2) is 0 Å². The average Bonchev–Trinajstić information content (AvgIpc) is 3.11. The van der Waals surface area contributed by atoms with Gasteiger partial charge in [0.1, 0.15) is 0 Å². The van der Waals surface area contributed by atoms with Gasteiger partial charge in [0.05, 0.1) is 0 Å². The van der Waals surface area contributed by atoms with E-state index < -0.39 is 0 Å². The van der Waals surface area contributed by atoms with Crippen molar-refractivity contribution in [2.24, 2.45) is 52.3 Å². The minimum Gasteiger partial charge on any atom is -0.162 e. The minimum absolute atomic E-state index is 0.131. The molecule has 182 valence electrons. The zero-order chi connectivity index (χ0) is 23.1. The van der Waals surface area contributed by atoms with Gasteiger partial charge in [0, 0.05) is 6.04 Å². The molecule has 4 aliphatic carbocycles. The zero-order valence-electron chi connectivity index (χ0n) is 21.5. The van der Waals surface area contributed by atoms with Crippen LogP contribution in [-0.4, -0.2) is 6.04 Å². The lowest BCUT2D eigenvalue weighted by Crippen LogP contribution is -2.51. The standard InChI is InChI=1S/C29H48FNO/c1-7-21(19(2)3)9-8-20(4)25-12-13-26-24-11-10-22-18-23(31-32-30)14-16-28(22,5)27(24)15-17-29(25,26)6/h8-10,19-21,23-27,31H,7,11-18H2,1-6H3/b9-8+/t20?,21-,23?,24?,25?,26?,27?,28?,29?/m1/s1. The molecule has 0 aliphatic heterocycles. The lowest BCUT2D eigenvalue weighted by atomic mass is 9.47. The normalized spacial score (nSPS) is 43.5. The van der Waals surface area contributed by atoms with Gasteiger partial charge in [0.2, 0.25) is 0 Å². The number of hydroxylamine groups is 1. The van der Waals surface area contributed by atoms with E-state index in [9.17, 15) is 4.53 Å². The maximum atomic E-state index is 12.4. The van der Waals surface area contributed by atoms with Crippen LogP contribution in [0.2, 0.25) is 0 Å². The van der Waals surface area contributed by atoms with Crippen LogP contribution in [0.15, 0.2) is 23.8 Å². The van der Waals surface area contributed by atoms with Crippen LogP contribution >= 0.6 is 0 Å². The van der Waals surface area contributed by atoms with Gasteiger partial charge in [-0.2, -0.15) is 5.48 Å². The molecule has 0 radical (unpaired) electrons. The molecule has 0 aromatic heterocycles. The monoisotopic (exact) mass is 445 g/mol. The third-order valence-corrected chi connectivity index (χ3v) is 11.0. The molecule has 0 amide bonds. The van der Waals surface area contributed by atoms with Crippen LogP contribution in [0.5, 0.6) is 0 Å². The number of hydrogen-bond acceptors (Lipinski definition) is 2. The van der Waals surface area contributed by atoms with Crippen molar-refractivity contribution in [2.45, 2.75) is 105 Å². The molecule has 2 nitrogen and oxygen atoms in total. The Morgan fingerprint density at radius 2 is 1.88 bits per heavy atom. The van der Waals surface area contributed by atoms with E-state index in [4.69, 9.17) is 0 Å². The van der Waals surface area contributed by atoms with Crippen molar-refractivity contribution < 1.29 is 9.57 Å². The van der Waals surface area contributed by atoms with E-state index in [1.807, 2.05) is 0 Å². The van der Waals surface area contributed by atoms with Crippen molar-refractivity contribution in [1.82, 2.24) is 5.48 Å². The molecule has 0 heterocycles. The number of nitrogens with one attached hydrogen (secondary N) is 1. The molecule has 3 saturated carbocycles. The molecule has 0 aromatic rings. The molecule has 32 heavy (non-hydrogen) atoms. The Bertz CT molecular complexity index is 716. The molecule has 0 aromatic carbocycles. The second-order valence-electron chi connectivity index (χ2n) is 12.7. The van der Waals surface area contributed by atoms with Gasteiger partial charge in [-0.25, -0.2) is 0 Å². The smallest absolute Gasteiger partial charge is 0.0392 e. The molecule has 0 bridgehead atoms. The summed E-state index contributed by atoms with van der Waals surface area (Å²) in [5.74, 6) is 5.47. The molecule has 0 saturated heterocycles. The van der Waals surface area contributed by atoms with Crippen LogP contribution < -0.4 is 5.48 Å². The largest absolute Gasteiger partial charge is 0.162 e. The Kier molecular flexibility index (Phi) is 7.28.